The van der Waals surface area contributed by atoms with Crippen molar-refractivity contribution in [2.45, 2.75) is 31.6 Å². The summed E-state index contributed by atoms with van der Waals surface area (Å²) < 4.78 is 33.5. The van der Waals surface area contributed by atoms with E-state index in [1.54, 1.807) is 52.7 Å². The maximum atomic E-state index is 5.92. The lowest BCUT2D eigenvalue weighted by atomic mass is 10.1. The molecule has 0 spiro atoms. The summed E-state index contributed by atoms with van der Waals surface area (Å²) in [4.78, 5) is 0. The van der Waals surface area contributed by atoms with E-state index in [-0.39, 0.29) is 0 Å². The molecule has 0 saturated heterocycles. The summed E-state index contributed by atoms with van der Waals surface area (Å²) >= 11 is 0. The molecule has 0 radical (unpaired) electrons. The first-order chi connectivity index (χ1) is 15.9. The highest BCUT2D eigenvalue weighted by atomic mass is 16.5. The topological polar surface area (TPSA) is 159 Å². The number of hydrogen-bond acceptors (Lipinski definition) is 10. The van der Waals surface area contributed by atoms with Crippen molar-refractivity contribution in [3.05, 3.63) is 35.4 Å². The molecular formula is C23H36N4O6. The van der Waals surface area contributed by atoms with Crippen LogP contribution in [-0.4, -0.2) is 41.7 Å². The molecule has 2 rings (SSSR count). The Morgan fingerprint density at radius 2 is 0.848 bits per heavy atom. The van der Waals surface area contributed by atoms with E-state index < -0.39 is 12.3 Å². The molecule has 33 heavy (non-hydrogen) atoms. The van der Waals surface area contributed by atoms with E-state index >= 15 is 0 Å². The zero-order valence-electron chi connectivity index (χ0n) is 19.8. The minimum atomic E-state index is -0.637. The Kier molecular flexibility index (Phi) is 10.3. The number of unbranched alkanes of at least 4 members (excludes halogenated alkanes) is 2. The summed E-state index contributed by atoms with van der Waals surface area (Å²) in [7, 11) is 6.23. The first-order valence-corrected chi connectivity index (χ1v) is 10.7. The molecule has 2 aromatic rings. The molecule has 8 N–H and O–H groups in total. The number of nitrogens with two attached hydrogens (primary N) is 4. The zero-order valence-corrected chi connectivity index (χ0v) is 19.8. The van der Waals surface area contributed by atoms with Crippen LogP contribution in [0.15, 0.2) is 24.3 Å². The second-order valence-electron chi connectivity index (χ2n) is 7.32. The van der Waals surface area contributed by atoms with Gasteiger partial charge in [-0.15, -0.1) is 0 Å². The van der Waals surface area contributed by atoms with Gasteiger partial charge in [-0.3, -0.25) is 0 Å². The molecule has 0 aromatic heterocycles. The van der Waals surface area contributed by atoms with E-state index in [0.717, 1.165) is 19.3 Å². The fourth-order valence-electron chi connectivity index (χ4n) is 3.20. The van der Waals surface area contributed by atoms with E-state index in [9.17, 15) is 0 Å². The van der Waals surface area contributed by atoms with E-state index in [1.807, 2.05) is 0 Å². The normalized spacial score (nSPS) is 11.0. The van der Waals surface area contributed by atoms with Gasteiger partial charge >= 0.3 is 0 Å². The first-order valence-electron chi connectivity index (χ1n) is 10.7. The number of benzene rings is 2. The van der Waals surface area contributed by atoms with Gasteiger partial charge in [-0.25, -0.2) is 0 Å². The highest BCUT2D eigenvalue weighted by molar-refractivity contribution is 5.55. The Hall–Kier alpha value is -2.92. The lowest BCUT2D eigenvalue weighted by Gasteiger charge is -2.18. The van der Waals surface area contributed by atoms with Gasteiger partial charge in [0.2, 0.25) is 11.5 Å². The predicted octanol–water partition coefficient (Wildman–Crippen LogP) is 2.18. The van der Waals surface area contributed by atoms with Crippen LogP contribution in [0.4, 0.5) is 0 Å². The maximum absolute atomic E-state index is 5.92. The van der Waals surface area contributed by atoms with Gasteiger partial charge in [0.1, 0.15) is 0 Å². The van der Waals surface area contributed by atoms with Crippen LogP contribution in [-0.2, 0) is 0 Å². The number of rotatable bonds is 14. The predicted molar refractivity (Wildman–Crippen MR) is 126 cm³/mol. The molecule has 0 fully saturated rings. The van der Waals surface area contributed by atoms with Gasteiger partial charge in [0.05, 0.1) is 54.0 Å². The van der Waals surface area contributed by atoms with Crippen molar-refractivity contribution in [1.29, 1.82) is 0 Å². The van der Waals surface area contributed by atoms with Gasteiger partial charge < -0.3 is 51.4 Å². The van der Waals surface area contributed by atoms with E-state index in [2.05, 4.69) is 0 Å². The third-order valence-electron chi connectivity index (χ3n) is 5.02. The average molecular weight is 465 g/mol. The fourth-order valence-corrected chi connectivity index (χ4v) is 3.20. The van der Waals surface area contributed by atoms with Crippen LogP contribution < -0.4 is 51.4 Å². The summed E-state index contributed by atoms with van der Waals surface area (Å²) in [6.07, 6.45) is 1.23. The van der Waals surface area contributed by atoms with Gasteiger partial charge in [0, 0.05) is 0 Å². The van der Waals surface area contributed by atoms with Crippen LogP contribution in [0.3, 0.4) is 0 Å². The van der Waals surface area contributed by atoms with Crippen LogP contribution >= 0.6 is 0 Å². The quantitative estimate of drug-likeness (QED) is 0.241. The molecule has 10 nitrogen and oxygen atoms in total. The highest BCUT2D eigenvalue weighted by Crippen LogP contribution is 2.40. The van der Waals surface area contributed by atoms with Crippen molar-refractivity contribution in [3.63, 3.8) is 0 Å². The summed E-state index contributed by atoms with van der Waals surface area (Å²) in [5.74, 6) is 3.13. The lowest BCUT2D eigenvalue weighted by molar-refractivity contribution is 0.249. The first kappa shape index (κ1) is 26.3. The molecule has 0 aliphatic carbocycles. The van der Waals surface area contributed by atoms with Crippen LogP contribution in [0.2, 0.25) is 0 Å². The van der Waals surface area contributed by atoms with Gasteiger partial charge in [0.15, 0.2) is 23.0 Å². The van der Waals surface area contributed by atoms with E-state index in [4.69, 9.17) is 51.4 Å². The minimum Gasteiger partial charge on any atom is -0.493 e. The van der Waals surface area contributed by atoms with E-state index in [0.29, 0.717) is 58.8 Å². The second-order valence-corrected chi connectivity index (χ2v) is 7.32. The van der Waals surface area contributed by atoms with Crippen LogP contribution in [0, 0.1) is 0 Å². The monoisotopic (exact) mass is 464 g/mol. The summed E-state index contributed by atoms with van der Waals surface area (Å²) in [6.45, 7) is 0.965. The van der Waals surface area contributed by atoms with Crippen LogP contribution in [0.5, 0.6) is 34.5 Å². The van der Waals surface area contributed by atoms with Crippen molar-refractivity contribution in [3.8, 4) is 34.5 Å². The Balaban J connectivity index is 1.88. The van der Waals surface area contributed by atoms with E-state index in [1.165, 1.54) is 0 Å². The van der Waals surface area contributed by atoms with Gasteiger partial charge in [-0.05, 0) is 54.7 Å². The zero-order chi connectivity index (χ0) is 24.4. The van der Waals surface area contributed by atoms with Crippen molar-refractivity contribution in [2.24, 2.45) is 22.9 Å². The largest absolute Gasteiger partial charge is 0.493 e. The Morgan fingerprint density at radius 1 is 0.545 bits per heavy atom. The Morgan fingerprint density at radius 3 is 1.09 bits per heavy atom. The summed E-state index contributed by atoms with van der Waals surface area (Å²) in [5, 5.41) is 0. The number of methoxy groups -OCH3 is 4. The molecule has 10 heteroatoms. The van der Waals surface area contributed by atoms with Gasteiger partial charge in [-0.1, -0.05) is 0 Å². The minimum absolute atomic E-state index is 0.483. The van der Waals surface area contributed by atoms with Crippen LogP contribution in [0.1, 0.15) is 42.7 Å². The van der Waals surface area contributed by atoms with Crippen molar-refractivity contribution < 1.29 is 28.4 Å². The third kappa shape index (κ3) is 7.03. The molecular weight excluding hydrogens is 428 g/mol. The van der Waals surface area contributed by atoms with Gasteiger partial charge in [-0.2, -0.15) is 0 Å². The Labute approximate surface area is 195 Å². The maximum Gasteiger partial charge on any atom is 0.203 e. The molecule has 0 amide bonds. The molecule has 0 bridgehead atoms. The van der Waals surface area contributed by atoms with Crippen LogP contribution in [0.25, 0.3) is 0 Å². The second kappa shape index (κ2) is 12.9. The summed E-state index contributed by atoms with van der Waals surface area (Å²) in [6, 6.07) is 7.00. The molecule has 0 atom stereocenters. The standard InChI is InChI=1S/C23H36N4O6/c1-28-16-10-14(22(24)25)11-17(29-2)20(16)32-8-6-5-7-9-33-21-18(30-3)12-15(23(26)27)13-19(21)31-4/h10-13,22-23H,5-9,24-27H2,1-4H3. The van der Waals surface area contributed by atoms with Crippen molar-refractivity contribution >= 4 is 0 Å². The molecule has 2 aromatic carbocycles. The smallest absolute Gasteiger partial charge is 0.203 e. The molecule has 0 heterocycles. The molecule has 184 valence electrons. The molecule has 0 saturated carbocycles. The number of hydrogen-bond donors (Lipinski definition) is 4. The van der Waals surface area contributed by atoms with Crippen molar-refractivity contribution in [1.82, 2.24) is 0 Å². The van der Waals surface area contributed by atoms with Crippen molar-refractivity contribution in [2.75, 3.05) is 41.7 Å². The third-order valence-corrected chi connectivity index (χ3v) is 5.02. The Bertz CT molecular complexity index is 770. The average Bonchev–Trinajstić information content (AvgIpc) is 2.82. The number of ether oxygens (including phenoxy) is 6. The molecule has 0 unspecified atom stereocenters. The highest BCUT2D eigenvalue weighted by Gasteiger charge is 2.17. The summed E-state index contributed by atoms with van der Waals surface area (Å²) in [5.41, 5.74) is 24.5. The van der Waals surface area contributed by atoms with Gasteiger partial charge in [0.25, 0.3) is 0 Å². The fraction of sp³-hybridized carbons (Fsp3) is 0.478. The molecule has 0 aliphatic heterocycles. The molecule has 0 aliphatic rings. The lowest BCUT2D eigenvalue weighted by Crippen LogP contribution is -2.20. The SMILES string of the molecule is COc1cc(C(N)N)cc(OC)c1OCCCCCOc1c(OC)cc(C(N)N)cc1OC.